The SMILES string of the molecule is CCc1cc(CNCC2(C)CCC2)n(CC)n1. The van der Waals surface area contributed by atoms with Crippen LogP contribution in [0.5, 0.6) is 0 Å². The van der Waals surface area contributed by atoms with Crippen molar-refractivity contribution < 1.29 is 0 Å². The van der Waals surface area contributed by atoms with Crippen LogP contribution in [0.25, 0.3) is 0 Å². The molecule has 0 spiro atoms. The zero-order valence-corrected chi connectivity index (χ0v) is 11.4. The van der Waals surface area contributed by atoms with Crippen LogP contribution in [0.4, 0.5) is 0 Å². The van der Waals surface area contributed by atoms with Gasteiger partial charge in [0.25, 0.3) is 0 Å². The molecule has 0 aliphatic heterocycles. The highest BCUT2D eigenvalue weighted by Crippen LogP contribution is 2.39. The van der Waals surface area contributed by atoms with Crippen LogP contribution in [0.3, 0.4) is 0 Å². The maximum absolute atomic E-state index is 4.57. The van der Waals surface area contributed by atoms with Gasteiger partial charge in [-0.1, -0.05) is 20.3 Å². The summed E-state index contributed by atoms with van der Waals surface area (Å²) < 4.78 is 2.12. The highest BCUT2D eigenvalue weighted by atomic mass is 15.3. The predicted molar refractivity (Wildman–Crippen MR) is 70.9 cm³/mol. The van der Waals surface area contributed by atoms with E-state index >= 15 is 0 Å². The van der Waals surface area contributed by atoms with Crippen LogP contribution in [0.1, 0.15) is 51.4 Å². The summed E-state index contributed by atoms with van der Waals surface area (Å²) in [5.74, 6) is 0. The lowest BCUT2D eigenvalue weighted by Crippen LogP contribution is -2.37. The molecule has 1 N–H and O–H groups in total. The Kier molecular flexibility index (Phi) is 3.87. The third kappa shape index (κ3) is 2.89. The van der Waals surface area contributed by atoms with E-state index in [2.05, 4.69) is 41.9 Å². The first-order valence-corrected chi connectivity index (χ1v) is 6.93. The van der Waals surface area contributed by atoms with Crippen molar-refractivity contribution in [2.75, 3.05) is 6.54 Å². The molecule has 0 atom stereocenters. The Morgan fingerprint density at radius 1 is 1.41 bits per heavy atom. The molecule has 1 fully saturated rings. The zero-order chi connectivity index (χ0) is 12.3. The van der Waals surface area contributed by atoms with Crippen molar-refractivity contribution >= 4 is 0 Å². The van der Waals surface area contributed by atoms with Gasteiger partial charge < -0.3 is 5.32 Å². The number of nitrogens with zero attached hydrogens (tertiary/aromatic N) is 2. The number of hydrogen-bond donors (Lipinski definition) is 1. The molecular weight excluding hydrogens is 210 g/mol. The Morgan fingerprint density at radius 2 is 2.18 bits per heavy atom. The van der Waals surface area contributed by atoms with Crippen molar-refractivity contribution in [3.05, 3.63) is 17.5 Å². The van der Waals surface area contributed by atoms with Gasteiger partial charge >= 0.3 is 0 Å². The van der Waals surface area contributed by atoms with E-state index in [4.69, 9.17) is 0 Å². The molecule has 1 aliphatic rings. The van der Waals surface area contributed by atoms with Crippen molar-refractivity contribution in [1.29, 1.82) is 0 Å². The van der Waals surface area contributed by atoms with E-state index < -0.39 is 0 Å². The van der Waals surface area contributed by atoms with E-state index in [0.29, 0.717) is 5.41 Å². The fraction of sp³-hybridized carbons (Fsp3) is 0.786. The van der Waals surface area contributed by atoms with E-state index in [0.717, 1.165) is 26.1 Å². The summed E-state index contributed by atoms with van der Waals surface area (Å²) >= 11 is 0. The molecule has 96 valence electrons. The highest BCUT2D eigenvalue weighted by molar-refractivity contribution is 5.10. The molecule has 0 bridgehead atoms. The number of rotatable bonds is 6. The lowest BCUT2D eigenvalue weighted by atomic mass is 9.70. The van der Waals surface area contributed by atoms with E-state index in [-0.39, 0.29) is 0 Å². The van der Waals surface area contributed by atoms with E-state index in [1.807, 2.05) is 0 Å². The molecule has 3 heteroatoms. The van der Waals surface area contributed by atoms with Crippen molar-refractivity contribution in [2.24, 2.45) is 5.41 Å². The molecule has 0 radical (unpaired) electrons. The molecular formula is C14H25N3. The Labute approximate surface area is 105 Å². The van der Waals surface area contributed by atoms with Crippen LogP contribution in [-0.2, 0) is 19.5 Å². The van der Waals surface area contributed by atoms with Gasteiger partial charge in [0, 0.05) is 19.6 Å². The van der Waals surface area contributed by atoms with E-state index in [1.54, 1.807) is 0 Å². The predicted octanol–water partition coefficient (Wildman–Crippen LogP) is 2.75. The minimum absolute atomic E-state index is 0.560. The topological polar surface area (TPSA) is 29.9 Å². The zero-order valence-electron chi connectivity index (χ0n) is 11.4. The molecule has 1 heterocycles. The molecule has 1 aliphatic carbocycles. The molecule has 1 saturated carbocycles. The molecule has 0 aromatic carbocycles. The van der Waals surface area contributed by atoms with Crippen molar-refractivity contribution in [3.63, 3.8) is 0 Å². The van der Waals surface area contributed by atoms with Crippen molar-refractivity contribution in [3.8, 4) is 0 Å². The average molecular weight is 235 g/mol. The standard InChI is InChI=1S/C14H25N3/c1-4-12-9-13(17(5-2)16-12)10-15-11-14(3)7-6-8-14/h9,15H,4-8,10-11H2,1-3H3. The van der Waals surface area contributed by atoms with Crippen LogP contribution in [-0.4, -0.2) is 16.3 Å². The van der Waals surface area contributed by atoms with Gasteiger partial charge in [-0.05, 0) is 37.7 Å². The summed E-state index contributed by atoms with van der Waals surface area (Å²) in [4.78, 5) is 0. The fourth-order valence-electron chi connectivity index (χ4n) is 2.55. The average Bonchev–Trinajstić information content (AvgIpc) is 2.69. The van der Waals surface area contributed by atoms with Crippen LogP contribution in [0, 0.1) is 5.41 Å². The van der Waals surface area contributed by atoms with Gasteiger partial charge in [0.05, 0.1) is 11.4 Å². The minimum atomic E-state index is 0.560. The van der Waals surface area contributed by atoms with Crippen LogP contribution >= 0.6 is 0 Å². The maximum atomic E-state index is 4.57. The monoisotopic (exact) mass is 235 g/mol. The van der Waals surface area contributed by atoms with Gasteiger partial charge in [-0.15, -0.1) is 0 Å². The second kappa shape index (κ2) is 5.21. The third-order valence-corrected chi connectivity index (χ3v) is 3.99. The second-order valence-electron chi connectivity index (χ2n) is 5.56. The number of aryl methyl sites for hydroxylation is 2. The highest BCUT2D eigenvalue weighted by Gasteiger charge is 2.30. The number of aromatic nitrogens is 2. The Bertz CT molecular complexity index is 364. The van der Waals surface area contributed by atoms with Crippen molar-refractivity contribution in [2.45, 2.75) is 59.5 Å². The van der Waals surface area contributed by atoms with Gasteiger partial charge in [-0.2, -0.15) is 5.10 Å². The summed E-state index contributed by atoms with van der Waals surface area (Å²) in [6.07, 6.45) is 5.20. The summed E-state index contributed by atoms with van der Waals surface area (Å²) in [5.41, 5.74) is 3.09. The maximum Gasteiger partial charge on any atom is 0.0625 e. The Morgan fingerprint density at radius 3 is 2.71 bits per heavy atom. The van der Waals surface area contributed by atoms with Gasteiger partial charge in [0.1, 0.15) is 0 Å². The van der Waals surface area contributed by atoms with Crippen LogP contribution in [0.2, 0.25) is 0 Å². The molecule has 3 nitrogen and oxygen atoms in total. The van der Waals surface area contributed by atoms with Gasteiger partial charge in [-0.3, -0.25) is 4.68 Å². The number of nitrogens with one attached hydrogen (secondary N) is 1. The summed E-state index contributed by atoms with van der Waals surface area (Å²) in [6, 6.07) is 2.24. The summed E-state index contributed by atoms with van der Waals surface area (Å²) in [5, 5.41) is 8.17. The molecule has 0 saturated heterocycles. The molecule has 0 unspecified atom stereocenters. The smallest absolute Gasteiger partial charge is 0.0625 e. The lowest BCUT2D eigenvalue weighted by Gasteiger charge is -2.38. The minimum Gasteiger partial charge on any atom is -0.311 e. The summed E-state index contributed by atoms with van der Waals surface area (Å²) in [7, 11) is 0. The van der Waals surface area contributed by atoms with Gasteiger partial charge in [0.2, 0.25) is 0 Å². The molecule has 17 heavy (non-hydrogen) atoms. The van der Waals surface area contributed by atoms with Gasteiger partial charge in [-0.25, -0.2) is 0 Å². The van der Waals surface area contributed by atoms with Gasteiger partial charge in [0.15, 0.2) is 0 Å². The normalized spacial score (nSPS) is 18.1. The number of hydrogen-bond acceptors (Lipinski definition) is 2. The first-order chi connectivity index (χ1) is 8.17. The third-order valence-electron chi connectivity index (χ3n) is 3.99. The van der Waals surface area contributed by atoms with Crippen LogP contribution < -0.4 is 5.32 Å². The first kappa shape index (κ1) is 12.6. The Hall–Kier alpha value is -0.830. The molecule has 1 aromatic heterocycles. The van der Waals surface area contributed by atoms with Crippen molar-refractivity contribution in [1.82, 2.24) is 15.1 Å². The fourth-order valence-corrected chi connectivity index (χ4v) is 2.55. The van der Waals surface area contributed by atoms with E-state index in [9.17, 15) is 0 Å². The molecule has 0 amide bonds. The largest absolute Gasteiger partial charge is 0.311 e. The lowest BCUT2D eigenvalue weighted by molar-refractivity contribution is 0.156. The molecule has 2 rings (SSSR count). The summed E-state index contributed by atoms with van der Waals surface area (Å²) in [6.45, 7) is 9.77. The second-order valence-corrected chi connectivity index (χ2v) is 5.56. The van der Waals surface area contributed by atoms with Crippen LogP contribution in [0.15, 0.2) is 6.07 Å². The first-order valence-electron chi connectivity index (χ1n) is 6.93. The molecule has 1 aromatic rings. The Balaban J connectivity index is 1.87. The van der Waals surface area contributed by atoms with E-state index in [1.165, 1.54) is 30.7 Å². The quantitative estimate of drug-likeness (QED) is 0.821.